The van der Waals surface area contributed by atoms with Crippen molar-refractivity contribution < 1.29 is 4.74 Å². The van der Waals surface area contributed by atoms with Crippen LogP contribution in [-0.4, -0.2) is 37.2 Å². The Kier molecular flexibility index (Phi) is 4.75. The number of nitrogens with two attached hydrogens (primary N) is 1. The first-order chi connectivity index (χ1) is 8.72. The summed E-state index contributed by atoms with van der Waals surface area (Å²) in [6.45, 7) is 4.24. The Balaban J connectivity index is 2.08. The van der Waals surface area contributed by atoms with E-state index in [9.17, 15) is 0 Å². The molecule has 0 aromatic heterocycles. The zero-order valence-electron chi connectivity index (χ0n) is 11.4. The van der Waals surface area contributed by atoms with Gasteiger partial charge < -0.3 is 10.5 Å². The molecule has 0 aliphatic carbocycles. The van der Waals surface area contributed by atoms with Gasteiger partial charge in [-0.05, 0) is 25.3 Å². The van der Waals surface area contributed by atoms with Crippen LogP contribution < -0.4 is 5.73 Å². The van der Waals surface area contributed by atoms with Crippen LogP contribution in [0, 0.1) is 0 Å². The Hall–Kier alpha value is -0.900. The van der Waals surface area contributed by atoms with Gasteiger partial charge in [0.2, 0.25) is 0 Å². The van der Waals surface area contributed by atoms with Crippen molar-refractivity contribution >= 4 is 0 Å². The van der Waals surface area contributed by atoms with Crippen molar-refractivity contribution in [1.29, 1.82) is 0 Å². The molecule has 2 unspecified atom stereocenters. The van der Waals surface area contributed by atoms with E-state index in [1.807, 2.05) is 0 Å². The number of nitrogens with zero attached hydrogens (tertiary/aromatic N) is 1. The van der Waals surface area contributed by atoms with Crippen molar-refractivity contribution in [3.8, 4) is 0 Å². The van der Waals surface area contributed by atoms with E-state index in [-0.39, 0.29) is 6.04 Å². The molecule has 0 bridgehead atoms. The Morgan fingerprint density at radius 1 is 1.22 bits per heavy atom. The number of hydrogen-bond donors (Lipinski definition) is 1. The molecular formula is C15H24N2O. The van der Waals surface area contributed by atoms with E-state index in [1.165, 1.54) is 5.56 Å². The summed E-state index contributed by atoms with van der Waals surface area (Å²) >= 11 is 0. The summed E-state index contributed by atoms with van der Waals surface area (Å²) in [5.41, 5.74) is 7.52. The van der Waals surface area contributed by atoms with Gasteiger partial charge in [0, 0.05) is 32.3 Å². The van der Waals surface area contributed by atoms with Crippen molar-refractivity contribution in [3.05, 3.63) is 35.9 Å². The van der Waals surface area contributed by atoms with Gasteiger partial charge in [-0.3, -0.25) is 4.90 Å². The van der Waals surface area contributed by atoms with Crippen LogP contribution in [0.15, 0.2) is 30.3 Å². The van der Waals surface area contributed by atoms with Gasteiger partial charge in [0.1, 0.15) is 0 Å². The lowest BCUT2D eigenvalue weighted by Gasteiger charge is -2.39. The maximum atomic E-state index is 6.19. The van der Waals surface area contributed by atoms with Crippen LogP contribution in [0.5, 0.6) is 0 Å². The van der Waals surface area contributed by atoms with E-state index in [0.29, 0.717) is 12.1 Å². The fourth-order valence-electron chi connectivity index (χ4n) is 2.89. The van der Waals surface area contributed by atoms with Crippen LogP contribution in [-0.2, 0) is 4.74 Å². The second-order valence-electron chi connectivity index (χ2n) is 5.19. The van der Waals surface area contributed by atoms with Gasteiger partial charge in [0.05, 0.1) is 6.10 Å². The number of hydrogen-bond acceptors (Lipinski definition) is 3. The molecule has 2 rings (SSSR count). The van der Waals surface area contributed by atoms with Crippen LogP contribution in [0.4, 0.5) is 0 Å². The number of benzene rings is 1. The molecule has 1 aliphatic rings. The molecule has 3 heteroatoms. The van der Waals surface area contributed by atoms with Gasteiger partial charge in [-0.15, -0.1) is 0 Å². The quantitative estimate of drug-likeness (QED) is 0.887. The molecule has 0 radical (unpaired) electrons. The number of piperidine rings is 1. The molecule has 1 heterocycles. The third-order valence-electron chi connectivity index (χ3n) is 3.84. The van der Waals surface area contributed by atoms with E-state index in [1.54, 1.807) is 7.11 Å². The molecule has 0 spiro atoms. The molecule has 0 amide bonds. The van der Waals surface area contributed by atoms with Gasteiger partial charge in [0.25, 0.3) is 0 Å². The second-order valence-corrected chi connectivity index (χ2v) is 5.19. The van der Waals surface area contributed by atoms with E-state index >= 15 is 0 Å². The monoisotopic (exact) mass is 248 g/mol. The molecular weight excluding hydrogens is 224 g/mol. The highest BCUT2D eigenvalue weighted by Crippen LogP contribution is 2.27. The molecule has 3 nitrogen and oxygen atoms in total. The zero-order chi connectivity index (χ0) is 13.0. The van der Waals surface area contributed by atoms with Crippen molar-refractivity contribution in [3.63, 3.8) is 0 Å². The van der Waals surface area contributed by atoms with E-state index < -0.39 is 0 Å². The molecule has 1 aliphatic heterocycles. The molecule has 1 fully saturated rings. The lowest BCUT2D eigenvalue weighted by atomic mass is 9.96. The van der Waals surface area contributed by atoms with E-state index in [4.69, 9.17) is 10.5 Å². The number of methoxy groups -OCH3 is 1. The minimum Gasteiger partial charge on any atom is -0.381 e. The highest BCUT2D eigenvalue weighted by molar-refractivity contribution is 5.20. The third-order valence-corrected chi connectivity index (χ3v) is 3.84. The van der Waals surface area contributed by atoms with Crippen molar-refractivity contribution in [2.75, 3.05) is 20.2 Å². The lowest BCUT2D eigenvalue weighted by molar-refractivity contribution is 0.0234. The Morgan fingerprint density at radius 2 is 1.83 bits per heavy atom. The maximum Gasteiger partial charge on any atom is 0.0595 e. The van der Waals surface area contributed by atoms with Crippen molar-refractivity contribution in [1.82, 2.24) is 4.90 Å². The largest absolute Gasteiger partial charge is 0.381 e. The minimum absolute atomic E-state index is 0.145. The van der Waals surface area contributed by atoms with Gasteiger partial charge >= 0.3 is 0 Å². The van der Waals surface area contributed by atoms with Crippen LogP contribution >= 0.6 is 0 Å². The van der Waals surface area contributed by atoms with Gasteiger partial charge in [-0.1, -0.05) is 30.3 Å². The van der Waals surface area contributed by atoms with E-state index in [2.05, 4.69) is 42.2 Å². The first-order valence-electron chi connectivity index (χ1n) is 6.79. The maximum absolute atomic E-state index is 6.19. The molecule has 1 aromatic rings. The standard InChI is InChI=1S/C15H24N2O/c1-12(16)15(13-6-4-3-5-7-13)17-10-8-14(18-2)9-11-17/h3-7,12,14-15H,8-11,16H2,1-2H3. The highest BCUT2D eigenvalue weighted by Gasteiger charge is 2.28. The van der Waals surface area contributed by atoms with Crippen LogP contribution in [0.1, 0.15) is 31.4 Å². The smallest absolute Gasteiger partial charge is 0.0595 e. The number of ether oxygens (including phenoxy) is 1. The molecule has 2 N–H and O–H groups in total. The first-order valence-corrected chi connectivity index (χ1v) is 6.79. The average molecular weight is 248 g/mol. The minimum atomic E-state index is 0.145. The van der Waals surface area contributed by atoms with Crippen molar-refractivity contribution in [2.45, 2.75) is 38.0 Å². The van der Waals surface area contributed by atoms with Gasteiger partial charge in [-0.25, -0.2) is 0 Å². The predicted octanol–water partition coefficient (Wildman–Crippen LogP) is 2.19. The summed E-state index contributed by atoms with van der Waals surface area (Å²) in [6, 6.07) is 11.1. The normalized spacial score (nSPS) is 21.7. The average Bonchev–Trinajstić information content (AvgIpc) is 2.40. The van der Waals surface area contributed by atoms with Crippen LogP contribution in [0.25, 0.3) is 0 Å². The molecule has 1 saturated heterocycles. The summed E-state index contributed by atoms with van der Waals surface area (Å²) in [5, 5.41) is 0. The second kappa shape index (κ2) is 6.32. The van der Waals surface area contributed by atoms with Crippen LogP contribution in [0.2, 0.25) is 0 Å². The van der Waals surface area contributed by atoms with Crippen LogP contribution in [0.3, 0.4) is 0 Å². The summed E-state index contributed by atoms with van der Waals surface area (Å²) in [7, 11) is 1.81. The van der Waals surface area contributed by atoms with E-state index in [0.717, 1.165) is 25.9 Å². The molecule has 100 valence electrons. The zero-order valence-corrected chi connectivity index (χ0v) is 11.4. The van der Waals surface area contributed by atoms with Gasteiger partial charge in [0.15, 0.2) is 0 Å². The molecule has 1 aromatic carbocycles. The van der Waals surface area contributed by atoms with Gasteiger partial charge in [-0.2, -0.15) is 0 Å². The fraction of sp³-hybridized carbons (Fsp3) is 0.600. The Labute approximate surface area is 110 Å². The summed E-state index contributed by atoms with van der Waals surface area (Å²) in [4.78, 5) is 2.50. The fourth-order valence-corrected chi connectivity index (χ4v) is 2.89. The SMILES string of the molecule is COC1CCN(C(c2ccccc2)C(C)N)CC1. The third kappa shape index (κ3) is 3.10. The topological polar surface area (TPSA) is 38.5 Å². The predicted molar refractivity (Wildman–Crippen MR) is 74.4 cm³/mol. The number of rotatable bonds is 4. The Morgan fingerprint density at radius 3 is 2.33 bits per heavy atom. The molecule has 18 heavy (non-hydrogen) atoms. The summed E-state index contributed by atoms with van der Waals surface area (Å²) < 4.78 is 5.43. The summed E-state index contributed by atoms with van der Waals surface area (Å²) in [5.74, 6) is 0. The molecule has 0 saturated carbocycles. The lowest BCUT2D eigenvalue weighted by Crippen LogP contribution is -2.45. The van der Waals surface area contributed by atoms with Crippen molar-refractivity contribution in [2.24, 2.45) is 5.73 Å². The highest BCUT2D eigenvalue weighted by atomic mass is 16.5. The number of likely N-dealkylation sites (tertiary alicyclic amines) is 1. The molecule has 2 atom stereocenters. The Bertz CT molecular complexity index is 345. The summed E-state index contributed by atoms with van der Waals surface area (Å²) in [6.07, 6.45) is 2.63. The first kappa shape index (κ1) is 13.5.